The first-order valence-corrected chi connectivity index (χ1v) is 9.29. The molecular weight excluding hydrogens is 328 g/mol. The summed E-state index contributed by atoms with van der Waals surface area (Å²) in [5.74, 6) is 2.39. The second-order valence-corrected chi connectivity index (χ2v) is 7.14. The van der Waals surface area contributed by atoms with Crippen LogP contribution in [0.15, 0.2) is 34.7 Å². The number of piperidine rings is 1. The number of benzene rings is 1. The van der Waals surface area contributed by atoms with Gasteiger partial charge in [-0.1, -0.05) is 17.7 Å². The fraction of sp³-hybridized carbons (Fsp3) is 0.476. The average Bonchev–Trinajstić information content (AvgIpc) is 3.10. The number of nitrogens with one attached hydrogen (secondary N) is 1. The largest absolute Gasteiger partial charge is 0.485 e. The van der Waals surface area contributed by atoms with Crippen molar-refractivity contribution in [1.82, 2.24) is 10.2 Å². The van der Waals surface area contributed by atoms with Gasteiger partial charge in [0.1, 0.15) is 18.1 Å². The lowest BCUT2D eigenvalue weighted by Crippen LogP contribution is -2.42. The van der Waals surface area contributed by atoms with E-state index in [2.05, 4.69) is 18.3 Å². The highest BCUT2D eigenvalue weighted by Gasteiger charge is 2.26. The van der Waals surface area contributed by atoms with Crippen LogP contribution in [0.1, 0.15) is 40.3 Å². The molecule has 1 aromatic carbocycles. The predicted octanol–water partition coefficient (Wildman–Crippen LogP) is 3.55. The molecule has 1 fully saturated rings. The quantitative estimate of drug-likeness (QED) is 0.860. The van der Waals surface area contributed by atoms with Gasteiger partial charge >= 0.3 is 0 Å². The highest BCUT2D eigenvalue weighted by molar-refractivity contribution is 5.91. The minimum absolute atomic E-state index is 0.0245. The second-order valence-electron chi connectivity index (χ2n) is 7.14. The Hall–Kier alpha value is -2.27. The molecule has 2 aromatic rings. The molecule has 1 aliphatic heterocycles. The Morgan fingerprint density at radius 1 is 1.31 bits per heavy atom. The third kappa shape index (κ3) is 4.47. The minimum Gasteiger partial charge on any atom is -0.485 e. The lowest BCUT2D eigenvalue weighted by molar-refractivity contribution is 0.0638. The van der Waals surface area contributed by atoms with Crippen molar-refractivity contribution in [3.05, 3.63) is 53.0 Å². The number of ether oxygens (including phenoxy) is 1. The Labute approximate surface area is 155 Å². The number of hydrogen-bond acceptors (Lipinski definition) is 4. The zero-order chi connectivity index (χ0) is 18.5. The fourth-order valence-electron chi connectivity index (χ4n) is 3.54. The Morgan fingerprint density at radius 2 is 2.15 bits per heavy atom. The van der Waals surface area contributed by atoms with Gasteiger partial charge in [-0.25, -0.2) is 0 Å². The van der Waals surface area contributed by atoms with Gasteiger partial charge in [-0.3, -0.25) is 4.79 Å². The zero-order valence-corrected chi connectivity index (χ0v) is 15.9. The zero-order valence-electron chi connectivity index (χ0n) is 15.9. The molecule has 3 rings (SSSR count). The number of rotatable bonds is 6. The van der Waals surface area contributed by atoms with Gasteiger partial charge in [0.05, 0.1) is 0 Å². The first kappa shape index (κ1) is 18.5. The molecule has 1 N–H and O–H groups in total. The third-order valence-electron chi connectivity index (χ3n) is 4.87. The van der Waals surface area contributed by atoms with E-state index < -0.39 is 0 Å². The number of nitrogens with zero attached hydrogens (tertiary/aromatic N) is 1. The maximum Gasteiger partial charge on any atom is 0.289 e. The summed E-state index contributed by atoms with van der Waals surface area (Å²) in [7, 11) is 1.95. The molecule has 0 radical (unpaired) electrons. The van der Waals surface area contributed by atoms with Crippen LogP contribution in [-0.2, 0) is 6.61 Å². The molecule has 5 heteroatoms. The van der Waals surface area contributed by atoms with E-state index in [0.717, 1.165) is 43.8 Å². The molecule has 0 bridgehead atoms. The van der Waals surface area contributed by atoms with E-state index in [4.69, 9.17) is 9.15 Å². The molecule has 0 spiro atoms. The van der Waals surface area contributed by atoms with Crippen molar-refractivity contribution in [2.75, 3.05) is 26.7 Å². The van der Waals surface area contributed by atoms with E-state index in [0.29, 0.717) is 24.0 Å². The van der Waals surface area contributed by atoms with Gasteiger partial charge < -0.3 is 19.4 Å². The second kappa shape index (κ2) is 8.41. The highest BCUT2D eigenvalue weighted by Crippen LogP contribution is 2.22. The molecule has 1 unspecified atom stereocenters. The molecule has 0 saturated carbocycles. The van der Waals surface area contributed by atoms with Crippen LogP contribution in [0.2, 0.25) is 0 Å². The van der Waals surface area contributed by atoms with Gasteiger partial charge in [-0.15, -0.1) is 0 Å². The van der Waals surface area contributed by atoms with Crippen molar-refractivity contribution in [2.24, 2.45) is 5.92 Å². The van der Waals surface area contributed by atoms with Crippen LogP contribution in [-0.4, -0.2) is 37.5 Å². The van der Waals surface area contributed by atoms with Crippen molar-refractivity contribution in [1.29, 1.82) is 0 Å². The third-order valence-corrected chi connectivity index (χ3v) is 4.87. The summed E-state index contributed by atoms with van der Waals surface area (Å²) in [6.45, 7) is 6.93. The van der Waals surface area contributed by atoms with E-state index in [1.165, 1.54) is 5.56 Å². The molecule has 1 amide bonds. The van der Waals surface area contributed by atoms with Crippen molar-refractivity contribution >= 4 is 5.91 Å². The average molecular weight is 356 g/mol. The Balaban J connectivity index is 1.59. The van der Waals surface area contributed by atoms with Crippen molar-refractivity contribution in [2.45, 2.75) is 33.3 Å². The first-order chi connectivity index (χ1) is 12.6. The van der Waals surface area contributed by atoms with E-state index in [9.17, 15) is 4.79 Å². The topological polar surface area (TPSA) is 54.7 Å². The molecule has 5 nitrogen and oxygen atoms in total. The van der Waals surface area contributed by atoms with Crippen LogP contribution in [0, 0.1) is 19.8 Å². The van der Waals surface area contributed by atoms with Crippen LogP contribution in [0.3, 0.4) is 0 Å². The highest BCUT2D eigenvalue weighted by atomic mass is 16.5. The van der Waals surface area contributed by atoms with E-state index in [1.807, 2.05) is 37.1 Å². The van der Waals surface area contributed by atoms with Gasteiger partial charge in [0.25, 0.3) is 5.91 Å². The molecule has 2 heterocycles. The number of hydrogen-bond donors (Lipinski definition) is 1. The first-order valence-electron chi connectivity index (χ1n) is 9.29. The van der Waals surface area contributed by atoms with Crippen LogP contribution >= 0.6 is 0 Å². The van der Waals surface area contributed by atoms with Gasteiger partial charge in [0.15, 0.2) is 5.76 Å². The number of carbonyl (C=O) groups excluding carboxylic acids is 1. The van der Waals surface area contributed by atoms with Gasteiger partial charge in [0, 0.05) is 13.1 Å². The maximum absolute atomic E-state index is 12.7. The van der Waals surface area contributed by atoms with Crippen molar-refractivity contribution in [3.63, 3.8) is 0 Å². The number of amides is 1. The molecule has 1 atom stereocenters. The molecule has 140 valence electrons. The molecule has 1 saturated heterocycles. The van der Waals surface area contributed by atoms with Gasteiger partial charge in [0.2, 0.25) is 0 Å². The number of aryl methyl sites for hydroxylation is 2. The van der Waals surface area contributed by atoms with Gasteiger partial charge in [-0.05, 0) is 70.0 Å². The Kier molecular flexibility index (Phi) is 5.99. The van der Waals surface area contributed by atoms with Crippen LogP contribution in [0.25, 0.3) is 0 Å². The molecule has 1 aliphatic rings. The summed E-state index contributed by atoms with van der Waals surface area (Å²) < 4.78 is 11.6. The van der Waals surface area contributed by atoms with Crippen molar-refractivity contribution < 1.29 is 13.9 Å². The monoisotopic (exact) mass is 356 g/mol. The smallest absolute Gasteiger partial charge is 0.289 e. The van der Waals surface area contributed by atoms with Gasteiger partial charge in [-0.2, -0.15) is 0 Å². The Bertz CT molecular complexity index is 751. The molecule has 0 aliphatic carbocycles. The van der Waals surface area contributed by atoms with Crippen molar-refractivity contribution in [3.8, 4) is 5.75 Å². The summed E-state index contributed by atoms with van der Waals surface area (Å²) in [6.07, 6.45) is 2.21. The predicted molar refractivity (Wildman–Crippen MR) is 102 cm³/mol. The summed E-state index contributed by atoms with van der Waals surface area (Å²) >= 11 is 0. The van der Waals surface area contributed by atoms with Crippen LogP contribution in [0.4, 0.5) is 0 Å². The Morgan fingerprint density at radius 3 is 2.92 bits per heavy atom. The minimum atomic E-state index is -0.0245. The number of carbonyl (C=O) groups is 1. The normalized spacial score (nSPS) is 17.3. The number of furan rings is 1. The molecule has 1 aromatic heterocycles. The van der Waals surface area contributed by atoms with E-state index in [-0.39, 0.29) is 5.91 Å². The van der Waals surface area contributed by atoms with Crippen LogP contribution < -0.4 is 10.1 Å². The standard InChI is InChI=1S/C21H28N2O3/c1-15-6-8-19(16(2)11-15)25-14-18-7-9-20(26-18)21(24)23-10-4-5-17(13-23)12-22-3/h6-9,11,17,22H,4-5,10,12-14H2,1-3H3. The summed E-state index contributed by atoms with van der Waals surface area (Å²) in [4.78, 5) is 14.6. The SMILES string of the molecule is CNCC1CCCN(C(=O)c2ccc(COc3ccc(C)cc3C)o2)C1. The van der Waals surface area contributed by atoms with E-state index in [1.54, 1.807) is 6.07 Å². The van der Waals surface area contributed by atoms with E-state index >= 15 is 0 Å². The molecular formula is C21H28N2O3. The lowest BCUT2D eigenvalue weighted by Gasteiger charge is -2.32. The number of likely N-dealkylation sites (tertiary alicyclic amines) is 1. The lowest BCUT2D eigenvalue weighted by atomic mass is 9.98. The summed E-state index contributed by atoms with van der Waals surface area (Å²) in [6, 6.07) is 9.66. The summed E-state index contributed by atoms with van der Waals surface area (Å²) in [5.41, 5.74) is 2.30. The van der Waals surface area contributed by atoms with Crippen LogP contribution in [0.5, 0.6) is 5.75 Å². The fourth-order valence-corrected chi connectivity index (χ4v) is 3.54. The molecule has 26 heavy (non-hydrogen) atoms. The maximum atomic E-state index is 12.7. The summed E-state index contributed by atoms with van der Waals surface area (Å²) in [5, 5.41) is 3.20.